The van der Waals surface area contributed by atoms with E-state index in [-0.39, 0.29) is 43.8 Å². The van der Waals surface area contributed by atoms with Gasteiger partial charge in [-0.2, -0.15) is 26.3 Å². The Bertz CT molecular complexity index is 3080. The number of benzene rings is 7. The van der Waals surface area contributed by atoms with Crippen molar-refractivity contribution in [2.24, 2.45) is 11.8 Å². The van der Waals surface area contributed by atoms with E-state index in [0.717, 1.165) is 34.4 Å². The van der Waals surface area contributed by atoms with Crippen LogP contribution in [0.4, 0.5) is 30.7 Å². The van der Waals surface area contributed by atoms with Crippen molar-refractivity contribution in [1.29, 1.82) is 0 Å². The third-order valence-corrected chi connectivity index (χ3v) is 17.3. The molecule has 5 N–H and O–H groups in total. The molecule has 0 spiro atoms. The highest BCUT2D eigenvalue weighted by atomic mass is 35.5. The van der Waals surface area contributed by atoms with Crippen molar-refractivity contribution in [3.8, 4) is 0 Å². The van der Waals surface area contributed by atoms with Crippen LogP contribution in [-0.4, -0.2) is 110 Å². The quantitative estimate of drug-likeness (QED) is 0.0342. The van der Waals surface area contributed by atoms with Gasteiger partial charge in [-0.15, -0.1) is 0 Å². The first-order valence-corrected chi connectivity index (χ1v) is 30.6. The Balaban J connectivity index is 0.000000182. The maximum atomic E-state index is 16.8. The number of rotatable bonds is 21. The van der Waals surface area contributed by atoms with Crippen LogP contribution >= 0.6 is 11.6 Å². The summed E-state index contributed by atoms with van der Waals surface area (Å²) in [7, 11) is 0. The van der Waals surface area contributed by atoms with Crippen molar-refractivity contribution in [3.63, 3.8) is 0 Å². The fourth-order valence-corrected chi connectivity index (χ4v) is 11.9. The molecule has 0 bridgehead atoms. The zero-order valence-corrected chi connectivity index (χ0v) is 51.5. The van der Waals surface area contributed by atoms with Gasteiger partial charge in [-0.25, -0.2) is 4.39 Å². The highest BCUT2D eigenvalue weighted by Crippen LogP contribution is 2.55. The van der Waals surface area contributed by atoms with Gasteiger partial charge >= 0.3 is 23.6 Å². The van der Waals surface area contributed by atoms with E-state index in [1.54, 1.807) is 43.3 Å². The third kappa shape index (κ3) is 15.6. The Morgan fingerprint density at radius 2 is 0.747 bits per heavy atom. The SMILES string of the molecule is CC[C@H]1OC(Cl)(C(F)(F)c2ccccc2)[C@H](OCc2ccccc2)[C@@H](OCc2ccccc2)[C@@H]1C.CC[C@H]1OC(F)(C(F)(F)c2ccccc2)[C@H](OCc2ccccc2)[C@@H](OCc2ccccc2)[C@@H]1C.OC[C@H]1O[C@@](O)(C(F)(F)c2ccccc2)[C@H](O)[C@@H](O)[C@@H]1O. The van der Waals surface area contributed by atoms with E-state index >= 15 is 22.0 Å². The molecular weight excluding hydrogens is 1210 g/mol. The molecule has 20 heteroatoms. The minimum absolute atomic E-state index is 0.0554. The first kappa shape index (κ1) is 70.7. The van der Waals surface area contributed by atoms with Gasteiger partial charge in [-0.05, 0) is 35.1 Å². The number of ether oxygens (including phenoxy) is 7. The van der Waals surface area contributed by atoms with Crippen LogP contribution in [0, 0.1) is 11.8 Å². The number of hydrogen-bond acceptors (Lipinski definition) is 12. The topological polar surface area (TPSA) is 166 Å². The summed E-state index contributed by atoms with van der Waals surface area (Å²) in [6.07, 6.45) is -13.1. The molecule has 91 heavy (non-hydrogen) atoms. The first-order chi connectivity index (χ1) is 43.5. The van der Waals surface area contributed by atoms with Crippen molar-refractivity contribution in [2.45, 2.75) is 162 Å². The highest BCUT2D eigenvalue weighted by molar-refractivity contribution is 6.24. The fourth-order valence-electron chi connectivity index (χ4n) is 11.5. The Hall–Kier alpha value is -6.14. The van der Waals surface area contributed by atoms with Crippen molar-refractivity contribution in [3.05, 3.63) is 251 Å². The minimum Gasteiger partial charge on any atom is -0.394 e. The smallest absolute Gasteiger partial charge is 0.333 e. The maximum absolute atomic E-state index is 16.8. The van der Waals surface area contributed by atoms with E-state index in [0.29, 0.717) is 12.8 Å². The zero-order chi connectivity index (χ0) is 65.6. The molecule has 490 valence electrons. The van der Waals surface area contributed by atoms with E-state index in [2.05, 4.69) is 4.74 Å². The number of aliphatic hydroxyl groups excluding tert-OH is 4. The minimum atomic E-state index is -4.08. The Morgan fingerprint density at radius 1 is 0.429 bits per heavy atom. The van der Waals surface area contributed by atoms with Gasteiger partial charge in [0, 0.05) is 28.5 Å². The van der Waals surface area contributed by atoms with Crippen LogP contribution in [0.2, 0.25) is 0 Å². The second-order valence-corrected chi connectivity index (χ2v) is 23.4. The van der Waals surface area contributed by atoms with Gasteiger partial charge in [-0.1, -0.05) is 252 Å². The molecule has 0 amide bonds. The second kappa shape index (κ2) is 31.2. The molecule has 7 aromatic carbocycles. The first-order valence-electron chi connectivity index (χ1n) is 30.2. The highest BCUT2D eigenvalue weighted by Gasteiger charge is 2.70. The average molecular weight is 1290 g/mol. The lowest BCUT2D eigenvalue weighted by Gasteiger charge is -2.52. The maximum Gasteiger partial charge on any atom is 0.333 e. The van der Waals surface area contributed by atoms with Gasteiger partial charge < -0.3 is 58.7 Å². The van der Waals surface area contributed by atoms with Gasteiger partial charge in [0.15, 0.2) is 0 Å². The third-order valence-electron chi connectivity index (χ3n) is 16.8. The van der Waals surface area contributed by atoms with Gasteiger partial charge in [0.2, 0.25) is 5.06 Å². The van der Waals surface area contributed by atoms with Gasteiger partial charge in [-0.3, -0.25) is 0 Å². The predicted octanol–water partition coefficient (Wildman–Crippen LogP) is 13.3. The standard InChI is InChI=1S/C29H31ClF2O3.C29H31F3O3.C13H16F2O6/c1-3-25-21(2)26(33-19-22-13-7-4-8-14-22)27(34-20-23-15-9-5-10-16-23)28(30,35-25)29(31,32)24-17-11-6-12-18-24;1-3-25-21(2)26(33-19-22-13-7-4-8-14-22)27(34-20-23-15-9-5-10-16-23)29(32,35-25)28(30,31)24-17-11-6-12-18-24;14-12(15,7-4-2-1-3-5-7)13(20)11(19)10(18)9(17)8(6-16)21-13/h2*4-18,21,25-27H,3,19-20H2,1-2H3;1-5,8-11,16-20H,6H2/t21-,25-,26+,27-,28?;21-,25-,26+,27-,29?;8-,9-,10+,11-,13-/m111/s1. The fraction of sp³-hybridized carbons (Fsp3) is 0.408. The lowest BCUT2D eigenvalue weighted by atomic mass is 9.81. The molecule has 12 nitrogen and oxygen atoms in total. The van der Waals surface area contributed by atoms with Crippen molar-refractivity contribution in [2.75, 3.05) is 6.61 Å². The molecule has 2 unspecified atom stereocenters. The molecule has 0 aliphatic carbocycles. The average Bonchev–Trinajstić information content (AvgIpc) is 0.751. The molecule has 3 saturated heterocycles. The summed E-state index contributed by atoms with van der Waals surface area (Å²) < 4.78 is 151. The summed E-state index contributed by atoms with van der Waals surface area (Å²) in [6.45, 7) is 7.00. The Labute approximate surface area is 531 Å². The van der Waals surface area contributed by atoms with Crippen molar-refractivity contribution >= 4 is 11.6 Å². The van der Waals surface area contributed by atoms with E-state index in [4.69, 9.17) is 45.1 Å². The molecular formula is C71H78ClF7O12. The summed E-state index contributed by atoms with van der Waals surface area (Å²) in [4.78, 5) is 0. The largest absolute Gasteiger partial charge is 0.394 e. The molecule has 3 aliphatic heterocycles. The lowest BCUT2D eigenvalue weighted by Crippen LogP contribution is -2.70. The summed E-state index contributed by atoms with van der Waals surface area (Å²) in [5, 5.41) is 45.5. The second-order valence-electron chi connectivity index (χ2n) is 22.9. The van der Waals surface area contributed by atoms with Gasteiger partial charge in [0.05, 0.1) is 57.5 Å². The molecule has 10 rings (SSSR count). The van der Waals surface area contributed by atoms with Crippen LogP contribution in [0.3, 0.4) is 0 Å². The molecule has 3 aliphatic rings. The molecule has 0 radical (unpaired) electrons. The van der Waals surface area contributed by atoms with E-state index in [1.165, 1.54) is 54.6 Å². The number of alkyl halides is 8. The van der Waals surface area contributed by atoms with E-state index in [9.17, 15) is 29.2 Å². The number of aliphatic hydroxyl groups is 5. The molecule has 0 saturated carbocycles. The van der Waals surface area contributed by atoms with Crippen LogP contribution in [0.1, 0.15) is 79.5 Å². The molecule has 15 atom stereocenters. The molecule has 3 heterocycles. The lowest BCUT2D eigenvalue weighted by molar-refractivity contribution is -0.416. The molecule has 0 aromatic heterocycles. The summed E-state index contributed by atoms with van der Waals surface area (Å²) in [5.74, 6) is -19.1. The van der Waals surface area contributed by atoms with E-state index in [1.807, 2.05) is 130 Å². The normalized spacial score (nSPS) is 29.4. The monoisotopic (exact) mass is 1290 g/mol. The van der Waals surface area contributed by atoms with E-state index < -0.39 is 113 Å². The zero-order valence-electron chi connectivity index (χ0n) is 50.7. The van der Waals surface area contributed by atoms with Crippen LogP contribution in [0.15, 0.2) is 212 Å². The van der Waals surface area contributed by atoms with Crippen LogP contribution in [0.25, 0.3) is 0 Å². The van der Waals surface area contributed by atoms with Gasteiger partial charge in [0.25, 0.3) is 5.79 Å². The molecule has 3 fully saturated rings. The van der Waals surface area contributed by atoms with Crippen LogP contribution in [-0.2, 0) is 77.4 Å². The van der Waals surface area contributed by atoms with Crippen LogP contribution in [0.5, 0.6) is 0 Å². The van der Waals surface area contributed by atoms with Gasteiger partial charge in [0.1, 0.15) is 36.6 Å². The summed E-state index contributed by atoms with van der Waals surface area (Å²) in [5.41, 5.74) is 2.05. The predicted molar refractivity (Wildman–Crippen MR) is 327 cm³/mol. The Morgan fingerprint density at radius 3 is 1.12 bits per heavy atom. The summed E-state index contributed by atoms with van der Waals surface area (Å²) >= 11 is 6.87. The number of halogens is 8. The van der Waals surface area contributed by atoms with Crippen LogP contribution < -0.4 is 0 Å². The number of hydrogen-bond donors (Lipinski definition) is 5. The Kier molecular flexibility index (Phi) is 24.2. The van der Waals surface area contributed by atoms with Crippen molar-refractivity contribution in [1.82, 2.24) is 0 Å². The molecule has 7 aromatic rings. The summed E-state index contributed by atoms with van der Waals surface area (Å²) in [6, 6.07) is 58.1. The van der Waals surface area contributed by atoms with Crippen molar-refractivity contribution < 1.29 is 89.4 Å².